The van der Waals surface area contributed by atoms with Crippen LogP contribution in [0.1, 0.15) is 22.8 Å². The van der Waals surface area contributed by atoms with Crippen molar-refractivity contribution in [2.45, 2.75) is 32.3 Å². The third-order valence-electron chi connectivity index (χ3n) is 5.49. The Labute approximate surface area is 158 Å². The lowest BCUT2D eigenvalue weighted by Gasteiger charge is -2.37. The molecule has 1 amide bonds. The van der Waals surface area contributed by atoms with Crippen LogP contribution in [0.3, 0.4) is 0 Å². The Morgan fingerprint density at radius 3 is 2.96 bits per heavy atom. The Morgan fingerprint density at radius 2 is 2.18 bits per heavy atom. The number of nitrogens with one attached hydrogen (secondary N) is 1. The van der Waals surface area contributed by atoms with Crippen LogP contribution in [0.5, 0.6) is 0 Å². The number of pyridine rings is 1. The van der Waals surface area contributed by atoms with Crippen LogP contribution in [-0.2, 0) is 17.8 Å². The molecule has 3 heterocycles. The summed E-state index contributed by atoms with van der Waals surface area (Å²) >= 11 is 0. The Balaban J connectivity index is 1.45. The first-order valence-electron chi connectivity index (χ1n) is 9.05. The molecule has 0 saturated carbocycles. The minimum Gasteiger partial charge on any atom is -0.354 e. The second kappa shape index (κ2) is 6.00. The van der Waals surface area contributed by atoms with Gasteiger partial charge in [0.1, 0.15) is 23.4 Å². The summed E-state index contributed by atoms with van der Waals surface area (Å²) in [6.45, 7) is 3.08. The van der Waals surface area contributed by atoms with E-state index in [0.717, 1.165) is 23.2 Å². The summed E-state index contributed by atoms with van der Waals surface area (Å²) in [6.07, 6.45) is 3.21. The maximum Gasteiger partial charge on any atom is 0.257 e. The van der Waals surface area contributed by atoms with Crippen molar-refractivity contribution in [1.82, 2.24) is 14.8 Å². The first-order valence-corrected chi connectivity index (χ1v) is 9.05. The molecule has 144 valence electrons. The number of amides is 1. The SMILES string of the molecule is CC1COC2Cn3cc(C(=O)NCc4ccc(F)cc4F)c(=O)c4c3=C(C=4)N12. The number of hydrogen-bond acceptors (Lipinski definition) is 4. The summed E-state index contributed by atoms with van der Waals surface area (Å²) in [7, 11) is 0. The molecule has 1 aromatic heterocycles. The third kappa shape index (κ3) is 2.41. The van der Waals surface area contributed by atoms with E-state index in [-0.39, 0.29) is 35.4 Å². The van der Waals surface area contributed by atoms with Gasteiger partial charge in [0.05, 0.1) is 35.5 Å². The van der Waals surface area contributed by atoms with Gasteiger partial charge < -0.3 is 19.5 Å². The van der Waals surface area contributed by atoms with Gasteiger partial charge in [0.25, 0.3) is 5.91 Å². The number of ether oxygens (including phenoxy) is 1. The molecule has 1 N–H and O–H groups in total. The minimum absolute atomic E-state index is 0.00364. The van der Waals surface area contributed by atoms with E-state index in [1.807, 2.05) is 4.57 Å². The maximum atomic E-state index is 13.8. The van der Waals surface area contributed by atoms with E-state index in [1.54, 1.807) is 6.08 Å². The lowest BCUT2D eigenvalue weighted by atomic mass is 10.0. The summed E-state index contributed by atoms with van der Waals surface area (Å²) in [5.41, 5.74) is 0.759. The first kappa shape index (κ1) is 17.1. The molecule has 1 fully saturated rings. The molecule has 2 aromatic rings. The van der Waals surface area contributed by atoms with E-state index in [0.29, 0.717) is 18.4 Å². The monoisotopic (exact) mass is 385 g/mol. The molecular formula is C20H17F2N3O3. The largest absolute Gasteiger partial charge is 0.354 e. The fourth-order valence-electron chi connectivity index (χ4n) is 4.07. The molecule has 1 aliphatic carbocycles. The number of hydrogen-bond donors (Lipinski definition) is 1. The topological polar surface area (TPSA) is 63.6 Å². The maximum absolute atomic E-state index is 13.8. The van der Waals surface area contributed by atoms with Crippen molar-refractivity contribution < 1.29 is 18.3 Å². The summed E-state index contributed by atoms with van der Waals surface area (Å²) in [4.78, 5) is 27.5. The molecule has 8 heteroatoms. The predicted octanol–water partition coefficient (Wildman–Crippen LogP) is 0.0192. The third-order valence-corrected chi connectivity index (χ3v) is 5.49. The molecule has 1 aromatic carbocycles. The molecule has 2 unspecified atom stereocenters. The normalized spacial score (nSPS) is 21.5. The molecule has 6 nitrogen and oxygen atoms in total. The van der Waals surface area contributed by atoms with E-state index < -0.39 is 17.5 Å². The summed E-state index contributed by atoms with van der Waals surface area (Å²) in [5, 5.41) is 3.88. The average molecular weight is 385 g/mol. The highest BCUT2D eigenvalue weighted by molar-refractivity contribution is 5.94. The lowest BCUT2D eigenvalue weighted by Crippen LogP contribution is -2.61. The van der Waals surface area contributed by atoms with E-state index >= 15 is 0 Å². The fourth-order valence-corrected chi connectivity index (χ4v) is 4.07. The van der Waals surface area contributed by atoms with Gasteiger partial charge in [0.15, 0.2) is 0 Å². The Bertz CT molecular complexity index is 1200. The highest BCUT2D eigenvalue weighted by atomic mass is 19.1. The van der Waals surface area contributed by atoms with Crippen LogP contribution in [0.15, 0.2) is 29.2 Å². The van der Waals surface area contributed by atoms with Gasteiger partial charge in [0, 0.05) is 24.4 Å². The van der Waals surface area contributed by atoms with Gasteiger partial charge in [-0.25, -0.2) is 8.78 Å². The molecule has 2 atom stereocenters. The van der Waals surface area contributed by atoms with Crippen LogP contribution < -0.4 is 21.3 Å². The van der Waals surface area contributed by atoms with Crippen molar-refractivity contribution in [3.05, 3.63) is 67.9 Å². The van der Waals surface area contributed by atoms with Gasteiger partial charge in [-0.2, -0.15) is 0 Å². The predicted molar refractivity (Wildman–Crippen MR) is 96.4 cm³/mol. The van der Waals surface area contributed by atoms with Crippen molar-refractivity contribution in [3.63, 3.8) is 0 Å². The number of aromatic nitrogens is 1. The van der Waals surface area contributed by atoms with Crippen molar-refractivity contribution in [3.8, 4) is 0 Å². The zero-order chi connectivity index (χ0) is 19.6. The van der Waals surface area contributed by atoms with Crippen molar-refractivity contribution in [1.29, 1.82) is 0 Å². The van der Waals surface area contributed by atoms with E-state index in [9.17, 15) is 18.4 Å². The Kier molecular flexibility index (Phi) is 3.67. The van der Waals surface area contributed by atoms with Crippen molar-refractivity contribution in [2.75, 3.05) is 6.61 Å². The highest BCUT2D eigenvalue weighted by Crippen LogP contribution is 2.27. The molecule has 0 radical (unpaired) electrons. The Morgan fingerprint density at radius 1 is 1.36 bits per heavy atom. The molecule has 28 heavy (non-hydrogen) atoms. The molecular weight excluding hydrogens is 368 g/mol. The zero-order valence-electron chi connectivity index (χ0n) is 15.0. The number of carbonyl (C=O) groups excluding carboxylic acids is 1. The zero-order valence-corrected chi connectivity index (χ0v) is 15.0. The number of fused-ring (bicyclic) bond motifs is 2. The lowest BCUT2D eigenvalue weighted by molar-refractivity contribution is 0.0376. The smallest absolute Gasteiger partial charge is 0.257 e. The number of nitrogens with zero attached hydrogens (tertiary/aromatic N) is 2. The minimum atomic E-state index is -0.746. The Hall–Kier alpha value is -3.00. The second-order valence-corrected chi connectivity index (χ2v) is 7.28. The van der Waals surface area contributed by atoms with Crippen LogP contribution in [0.25, 0.3) is 11.8 Å². The van der Waals surface area contributed by atoms with Gasteiger partial charge in [-0.3, -0.25) is 9.59 Å². The number of halogens is 2. The van der Waals surface area contributed by atoms with Crippen LogP contribution in [0.4, 0.5) is 8.78 Å². The fraction of sp³-hybridized carbons (Fsp3) is 0.300. The van der Waals surface area contributed by atoms with Crippen LogP contribution in [-0.4, -0.2) is 34.3 Å². The van der Waals surface area contributed by atoms with Gasteiger partial charge in [-0.1, -0.05) is 6.07 Å². The van der Waals surface area contributed by atoms with E-state index in [2.05, 4.69) is 17.1 Å². The van der Waals surface area contributed by atoms with Gasteiger partial charge >= 0.3 is 0 Å². The molecule has 3 aliphatic rings. The summed E-state index contributed by atoms with van der Waals surface area (Å²) in [6, 6.07) is 3.38. The van der Waals surface area contributed by atoms with Crippen LogP contribution in [0.2, 0.25) is 0 Å². The molecule has 1 saturated heterocycles. The molecule has 0 spiro atoms. The molecule has 5 rings (SSSR count). The van der Waals surface area contributed by atoms with Gasteiger partial charge in [0.2, 0.25) is 5.43 Å². The number of benzene rings is 1. The van der Waals surface area contributed by atoms with Crippen molar-refractivity contribution in [2.24, 2.45) is 0 Å². The van der Waals surface area contributed by atoms with Crippen LogP contribution >= 0.6 is 0 Å². The standard InChI is InChI=1S/C20H17F2N3O3/c1-10-9-28-17-8-24-7-14(19(26)13-5-16(18(13)24)25(10)17)20(27)23-6-11-2-3-12(21)4-15(11)22/h2-5,7,10,17H,6,8-9H2,1H3,(H,23,27). The van der Waals surface area contributed by atoms with Gasteiger partial charge in [-0.15, -0.1) is 0 Å². The molecule has 2 aliphatic heterocycles. The number of carbonyl (C=O) groups is 1. The second-order valence-electron chi connectivity index (χ2n) is 7.28. The number of rotatable bonds is 3. The quantitative estimate of drug-likeness (QED) is 0.809. The highest BCUT2D eigenvalue weighted by Gasteiger charge is 2.39. The molecule has 0 bridgehead atoms. The van der Waals surface area contributed by atoms with E-state index in [4.69, 9.17) is 4.74 Å². The summed E-state index contributed by atoms with van der Waals surface area (Å²) < 4.78 is 34.4. The van der Waals surface area contributed by atoms with Gasteiger partial charge in [-0.05, 0) is 19.1 Å². The first-order chi connectivity index (χ1) is 13.4. The average Bonchev–Trinajstić information content (AvgIpc) is 2.98. The van der Waals surface area contributed by atoms with Crippen LogP contribution in [0, 0.1) is 11.6 Å². The summed E-state index contributed by atoms with van der Waals surface area (Å²) in [5.74, 6) is -2.03. The van der Waals surface area contributed by atoms with Crippen molar-refractivity contribution >= 4 is 17.7 Å². The van der Waals surface area contributed by atoms with E-state index in [1.165, 1.54) is 12.3 Å².